The van der Waals surface area contributed by atoms with Gasteiger partial charge in [-0.2, -0.15) is 0 Å². The smallest absolute Gasteiger partial charge is 0.269 e. The molecule has 3 atom stereocenters. The van der Waals surface area contributed by atoms with Crippen molar-refractivity contribution in [2.45, 2.75) is 31.7 Å². The van der Waals surface area contributed by atoms with Gasteiger partial charge in [0, 0.05) is 23.7 Å². The van der Waals surface area contributed by atoms with Crippen LogP contribution in [0, 0.1) is 22.0 Å². The summed E-state index contributed by atoms with van der Waals surface area (Å²) < 4.78 is 0. The van der Waals surface area contributed by atoms with Gasteiger partial charge in [-0.25, -0.2) is 0 Å². The van der Waals surface area contributed by atoms with Gasteiger partial charge in [0.2, 0.25) is 0 Å². The molecule has 2 aliphatic carbocycles. The fourth-order valence-corrected chi connectivity index (χ4v) is 3.41. The SMILES string of the molecule is O=C(N[C@H]1C[C@H]2CC[C@@H]1C2)c1ccc([N+](=O)[O-])cc1. The predicted molar refractivity (Wildman–Crippen MR) is 69.8 cm³/mol. The van der Waals surface area contributed by atoms with E-state index in [1.165, 1.54) is 43.5 Å². The third-order valence-electron chi connectivity index (χ3n) is 4.39. The van der Waals surface area contributed by atoms with E-state index >= 15 is 0 Å². The minimum Gasteiger partial charge on any atom is -0.349 e. The number of rotatable bonds is 3. The van der Waals surface area contributed by atoms with Crippen LogP contribution in [-0.4, -0.2) is 16.9 Å². The highest BCUT2D eigenvalue weighted by atomic mass is 16.6. The summed E-state index contributed by atoms with van der Waals surface area (Å²) in [6.45, 7) is 0. The summed E-state index contributed by atoms with van der Waals surface area (Å²) in [6, 6.07) is 6.06. The molecule has 0 radical (unpaired) electrons. The molecule has 0 aromatic heterocycles. The molecule has 3 rings (SSSR count). The van der Waals surface area contributed by atoms with Crippen LogP contribution in [0.5, 0.6) is 0 Å². The number of benzene rings is 1. The molecule has 1 N–H and O–H groups in total. The van der Waals surface area contributed by atoms with Crippen LogP contribution in [0.1, 0.15) is 36.0 Å². The fourth-order valence-electron chi connectivity index (χ4n) is 3.41. The van der Waals surface area contributed by atoms with E-state index in [0.717, 1.165) is 12.3 Å². The third kappa shape index (κ3) is 2.32. The molecule has 0 heterocycles. The lowest BCUT2D eigenvalue weighted by molar-refractivity contribution is -0.384. The van der Waals surface area contributed by atoms with E-state index < -0.39 is 4.92 Å². The first-order chi connectivity index (χ1) is 9.13. The van der Waals surface area contributed by atoms with Gasteiger partial charge >= 0.3 is 0 Å². The summed E-state index contributed by atoms with van der Waals surface area (Å²) in [5.74, 6) is 1.30. The lowest BCUT2D eigenvalue weighted by Gasteiger charge is -2.22. The average Bonchev–Trinajstić information content (AvgIpc) is 3.01. The zero-order valence-electron chi connectivity index (χ0n) is 10.5. The van der Waals surface area contributed by atoms with Crippen molar-refractivity contribution in [1.29, 1.82) is 0 Å². The van der Waals surface area contributed by atoms with Gasteiger partial charge in [0.25, 0.3) is 11.6 Å². The van der Waals surface area contributed by atoms with Crippen LogP contribution in [0.25, 0.3) is 0 Å². The number of fused-ring (bicyclic) bond motifs is 2. The molecular weight excluding hydrogens is 244 g/mol. The molecular formula is C14H16N2O3. The van der Waals surface area contributed by atoms with E-state index in [-0.39, 0.29) is 11.6 Å². The van der Waals surface area contributed by atoms with Crippen LogP contribution in [0.3, 0.4) is 0 Å². The minimum absolute atomic E-state index is 0.0106. The van der Waals surface area contributed by atoms with Gasteiger partial charge in [0.15, 0.2) is 0 Å². The Bertz CT molecular complexity index is 512. The van der Waals surface area contributed by atoms with Crippen LogP contribution in [0.15, 0.2) is 24.3 Å². The number of hydrogen-bond donors (Lipinski definition) is 1. The summed E-state index contributed by atoms with van der Waals surface area (Å²) in [7, 11) is 0. The number of carbonyl (C=O) groups excluding carboxylic acids is 1. The van der Waals surface area contributed by atoms with Crippen molar-refractivity contribution in [1.82, 2.24) is 5.32 Å². The van der Waals surface area contributed by atoms with Crippen LogP contribution < -0.4 is 5.32 Å². The Morgan fingerprint density at radius 1 is 1.21 bits per heavy atom. The maximum absolute atomic E-state index is 12.1. The van der Waals surface area contributed by atoms with Gasteiger partial charge in [-0.05, 0) is 43.2 Å². The molecule has 2 saturated carbocycles. The van der Waals surface area contributed by atoms with E-state index in [1.54, 1.807) is 0 Å². The van der Waals surface area contributed by atoms with Crippen molar-refractivity contribution in [3.05, 3.63) is 39.9 Å². The van der Waals surface area contributed by atoms with Crippen molar-refractivity contribution < 1.29 is 9.72 Å². The Balaban J connectivity index is 1.65. The number of hydrogen-bond acceptors (Lipinski definition) is 3. The first-order valence-electron chi connectivity index (χ1n) is 6.69. The standard InChI is InChI=1S/C14H16N2O3/c17-14(10-3-5-12(6-4-10)16(18)19)15-13-8-9-1-2-11(13)7-9/h3-6,9,11,13H,1-2,7-8H2,(H,15,17)/t9-,11+,13-/m0/s1. The van der Waals surface area contributed by atoms with Crippen LogP contribution in [0.2, 0.25) is 0 Å². The Morgan fingerprint density at radius 2 is 1.95 bits per heavy atom. The number of nitrogens with zero attached hydrogens (tertiary/aromatic N) is 1. The molecule has 1 amide bonds. The number of nitro groups is 1. The van der Waals surface area contributed by atoms with Crippen LogP contribution in [-0.2, 0) is 0 Å². The number of carbonyl (C=O) groups is 1. The van der Waals surface area contributed by atoms with Gasteiger partial charge in [0.1, 0.15) is 0 Å². The second kappa shape index (κ2) is 4.64. The quantitative estimate of drug-likeness (QED) is 0.670. The highest BCUT2D eigenvalue weighted by Crippen LogP contribution is 2.44. The maximum Gasteiger partial charge on any atom is 0.269 e. The monoisotopic (exact) mass is 260 g/mol. The molecule has 2 aliphatic rings. The first-order valence-corrected chi connectivity index (χ1v) is 6.69. The topological polar surface area (TPSA) is 72.2 Å². The summed E-state index contributed by atoms with van der Waals surface area (Å²) in [5, 5.41) is 13.6. The molecule has 2 bridgehead atoms. The second-order valence-electron chi connectivity index (χ2n) is 5.56. The molecule has 1 aromatic carbocycles. The Kier molecular flexibility index (Phi) is 2.97. The predicted octanol–water partition coefficient (Wildman–Crippen LogP) is 2.51. The fraction of sp³-hybridized carbons (Fsp3) is 0.500. The largest absolute Gasteiger partial charge is 0.349 e. The minimum atomic E-state index is -0.461. The van der Waals surface area contributed by atoms with E-state index in [2.05, 4.69) is 5.32 Å². The van der Waals surface area contributed by atoms with E-state index in [9.17, 15) is 14.9 Å². The van der Waals surface area contributed by atoms with Gasteiger partial charge < -0.3 is 5.32 Å². The van der Waals surface area contributed by atoms with Crippen molar-refractivity contribution in [2.24, 2.45) is 11.8 Å². The normalized spacial score (nSPS) is 28.3. The molecule has 1 aromatic rings. The van der Waals surface area contributed by atoms with E-state index in [4.69, 9.17) is 0 Å². The van der Waals surface area contributed by atoms with Crippen molar-refractivity contribution in [3.63, 3.8) is 0 Å². The van der Waals surface area contributed by atoms with Gasteiger partial charge in [-0.3, -0.25) is 14.9 Å². The summed E-state index contributed by atoms with van der Waals surface area (Å²) in [5.41, 5.74) is 0.504. The third-order valence-corrected chi connectivity index (χ3v) is 4.39. The van der Waals surface area contributed by atoms with Gasteiger partial charge in [-0.1, -0.05) is 6.42 Å². The van der Waals surface area contributed by atoms with Crippen LogP contribution >= 0.6 is 0 Å². The highest BCUT2D eigenvalue weighted by Gasteiger charge is 2.40. The number of amides is 1. The lowest BCUT2D eigenvalue weighted by Crippen LogP contribution is -2.38. The lowest BCUT2D eigenvalue weighted by atomic mass is 9.95. The number of nitro benzene ring substituents is 1. The van der Waals surface area contributed by atoms with E-state index in [0.29, 0.717) is 17.5 Å². The zero-order valence-corrected chi connectivity index (χ0v) is 10.5. The molecule has 19 heavy (non-hydrogen) atoms. The zero-order chi connectivity index (χ0) is 13.4. The van der Waals surface area contributed by atoms with Crippen LogP contribution in [0.4, 0.5) is 5.69 Å². The van der Waals surface area contributed by atoms with Crippen molar-refractivity contribution in [3.8, 4) is 0 Å². The molecule has 2 fully saturated rings. The Labute approximate surface area is 111 Å². The molecule has 5 nitrogen and oxygen atoms in total. The maximum atomic E-state index is 12.1. The molecule has 0 aliphatic heterocycles. The summed E-state index contributed by atoms with van der Waals surface area (Å²) in [4.78, 5) is 22.2. The molecule has 5 heteroatoms. The molecule has 0 spiro atoms. The Morgan fingerprint density at radius 3 is 2.47 bits per heavy atom. The summed E-state index contributed by atoms with van der Waals surface area (Å²) >= 11 is 0. The highest BCUT2D eigenvalue weighted by molar-refractivity contribution is 5.94. The Hall–Kier alpha value is -1.91. The van der Waals surface area contributed by atoms with Crippen molar-refractivity contribution >= 4 is 11.6 Å². The van der Waals surface area contributed by atoms with E-state index in [1.807, 2.05) is 0 Å². The average molecular weight is 260 g/mol. The van der Waals surface area contributed by atoms with Gasteiger partial charge in [0.05, 0.1) is 4.92 Å². The molecule has 0 saturated heterocycles. The summed E-state index contributed by atoms with van der Waals surface area (Å²) in [6.07, 6.45) is 4.85. The molecule has 0 unspecified atom stereocenters. The number of nitrogens with one attached hydrogen (secondary N) is 1. The van der Waals surface area contributed by atoms with Crippen molar-refractivity contribution in [2.75, 3.05) is 0 Å². The first kappa shape index (κ1) is 12.1. The molecule has 100 valence electrons. The second-order valence-corrected chi connectivity index (χ2v) is 5.56. The number of non-ortho nitro benzene ring substituents is 1. The van der Waals surface area contributed by atoms with Gasteiger partial charge in [-0.15, -0.1) is 0 Å².